The summed E-state index contributed by atoms with van der Waals surface area (Å²) in [5.41, 5.74) is 4.21. The molecule has 1 unspecified atom stereocenters. The van der Waals surface area contributed by atoms with E-state index in [-0.39, 0.29) is 17.9 Å². The molecular formula is C25H26N2O5. The first-order valence-corrected chi connectivity index (χ1v) is 10.2. The van der Waals surface area contributed by atoms with Gasteiger partial charge in [0.05, 0.1) is 25.2 Å². The van der Waals surface area contributed by atoms with Crippen molar-refractivity contribution in [1.82, 2.24) is 0 Å². The van der Waals surface area contributed by atoms with Crippen LogP contribution in [0, 0.1) is 24.0 Å². The predicted octanol–water partition coefficient (Wildman–Crippen LogP) is 5.66. The third-order valence-electron chi connectivity index (χ3n) is 5.43. The van der Waals surface area contributed by atoms with Crippen LogP contribution in [0.4, 0.5) is 11.4 Å². The Morgan fingerprint density at radius 3 is 2.38 bits per heavy atom. The first kappa shape index (κ1) is 22.8. The SMILES string of the molecule is COc1ccc(C(=O)CC(Nc2ccc(C)c(C)c2)c2cccc([N+](=O)[O-])c2)cc1OC. The monoisotopic (exact) mass is 434 g/mol. The Kier molecular flexibility index (Phi) is 7.10. The van der Waals surface area contributed by atoms with E-state index in [4.69, 9.17) is 9.47 Å². The Morgan fingerprint density at radius 1 is 0.969 bits per heavy atom. The summed E-state index contributed by atoms with van der Waals surface area (Å²) < 4.78 is 10.6. The number of methoxy groups -OCH3 is 2. The maximum Gasteiger partial charge on any atom is 0.269 e. The smallest absolute Gasteiger partial charge is 0.269 e. The molecule has 0 saturated heterocycles. The van der Waals surface area contributed by atoms with E-state index >= 15 is 0 Å². The summed E-state index contributed by atoms with van der Waals surface area (Å²) in [5.74, 6) is 0.874. The number of nitrogens with one attached hydrogen (secondary N) is 1. The summed E-state index contributed by atoms with van der Waals surface area (Å²) in [7, 11) is 3.05. The number of nitro benzene ring substituents is 1. The van der Waals surface area contributed by atoms with Gasteiger partial charge in [-0.25, -0.2) is 0 Å². The van der Waals surface area contributed by atoms with E-state index in [1.165, 1.54) is 26.4 Å². The average molecular weight is 434 g/mol. The van der Waals surface area contributed by atoms with Crippen molar-refractivity contribution in [2.75, 3.05) is 19.5 Å². The highest BCUT2D eigenvalue weighted by molar-refractivity contribution is 5.97. The van der Waals surface area contributed by atoms with Crippen molar-refractivity contribution in [3.05, 3.63) is 93.0 Å². The molecule has 3 aromatic rings. The lowest BCUT2D eigenvalue weighted by Gasteiger charge is -2.21. The number of Topliss-reactive ketones (excluding diaryl/α,β-unsaturated/α-hetero) is 1. The fourth-order valence-electron chi connectivity index (χ4n) is 3.45. The third kappa shape index (κ3) is 5.24. The number of anilines is 1. The van der Waals surface area contributed by atoms with Gasteiger partial charge in [0, 0.05) is 29.8 Å². The fourth-order valence-corrected chi connectivity index (χ4v) is 3.45. The Bertz CT molecular complexity index is 1140. The molecule has 0 amide bonds. The highest BCUT2D eigenvalue weighted by Gasteiger charge is 2.21. The van der Waals surface area contributed by atoms with Gasteiger partial charge in [-0.05, 0) is 60.9 Å². The van der Waals surface area contributed by atoms with E-state index in [0.29, 0.717) is 22.6 Å². The van der Waals surface area contributed by atoms with E-state index in [0.717, 1.165) is 16.8 Å². The fraction of sp³-hybridized carbons (Fsp3) is 0.240. The molecule has 3 aromatic carbocycles. The van der Waals surface area contributed by atoms with E-state index in [1.54, 1.807) is 30.3 Å². The van der Waals surface area contributed by atoms with Crippen molar-refractivity contribution in [2.45, 2.75) is 26.3 Å². The van der Waals surface area contributed by atoms with Crippen LogP contribution < -0.4 is 14.8 Å². The molecule has 1 atom stereocenters. The first-order valence-electron chi connectivity index (χ1n) is 10.2. The van der Waals surface area contributed by atoms with Gasteiger partial charge in [0.15, 0.2) is 17.3 Å². The summed E-state index contributed by atoms with van der Waals surface area (Å²) in [6, 6.07) is 16.8. The highest BCUT2D eigenvalue weighted by atomic mass is 16.6. The second-order valence-corrected chi connectivity index (χ2v) is 7.55. The van der Waals surface area contributed by atoms with E-state index in [9.17, 15) is 14.9 Å². The molecule has 7 heteroatoms. The number of hydrogen-bond acceptors (Lipinski definition) is 6. The number of carbonyl (C=O) groups excluding carboxylic acids is 1. The molecule has 0 aliphatic heterocycles. The van der Waals surface area contributed by atoms with Crippen LogP contribution in [0.3, 0.4) is 0 Å². The molecular weight excluding hydrogens is 408 g/mol. The number of carbonyl (C=O) groups is 1. The van der Waals surface area contributed by atoms with Crippen molar-refractivity contribution in [3.63, 3.8) is 0 Å². The molecule has 0 saturated carbocycles. The molecule has 0 aromatic heterocycles. The zero-order chi connectivity index (χ0) is 23.3. The van der Waals surface area contributed by atoms with Gasteiger partial charge in [0.2, 0.25) is 0 Å². The third-order valence-corrected chi connectivity index (χ3v) is 5.43. The number of hydrogen-bond donors (Lipinski definition) is 1. The lowest BCUT2D eigenvalue weighted by atomic mass is 9.96. The summed E-state index contributed by atoms with van der Waals surface area (Å²) in [6.07, 6.45) is 0.101. The second-order valence-electron chi connectivity index (χ2n) is 7.55. The zero-order valence-corrected chi connectivity index (χ0v) is 18.5. The lowest BCUT2D eigenvalue weighted by molar-refractivity contribution is -0.384. The molecule has 0 spiro atoms. The molecule has 0 heterocycles. The topological polar surface area (TPSA) is 90.7 Å². The van der Waals surface area contributed by atoms with Crippen LogP contribution in [-0.4, -0.2) is 24.9 Å². The number of benzene rings is 3. The molecule has 0 radical (unpaired) electrons. The Hall–Kier alpha value is -3.87. The maximum atomic E-state index is 13.2. The molecule has 0 aliphatic carbocycles. The van der Waals surface area contributed by atoms with Gasteiger partial charge in [-0.1, -0.05) is 18.2 Å². The number of ether oxygens (including phenoxy) is 2. The van der Waals surface area contributed by atoms with Gasteiger partial charge in [0.25, 0.3) is 5.69 Å². The molecule has 0 aliphatic rings. The largest absolute Gasteiger partial charge is 0.493 e. The maximum absolute atomic E-state index is 13.2. The van der Waals surface area contributed by atoms with Crippen molar-refractivity contribution < 1.29 is 19.2 Å². The molecule has 166 valence electrons. The lowest BCUT2D eigenvalue weighted by Crippen LogP contribution is -2.16. The second kappa shape index (κ2) is 9.96. The van der Waals surface area contributed by atoms with Gasteiger partial charge in [0.1, 0.15) is 0 Å². The molecule has 7 nitrogen and oxygen atoms in total. The average Bonchev–Trinajstić information content (AvgIpc) is 2.80. The van der Waals surface area contributed by atoms with Crippen LogP contribution in [0.5, 0.6) is 11.5 Å². The Labute approximate surface area is 187 Å². The van der Waals surface area contributed by atoms with E-state index < -0.39 is 11.0 Å². The Morgan fingerprint density at radius 2 is 1.72 bits per heavy atom. The summed E-state index contributed by atoms with van der Waals surface area (Å²) in [5, 5.41) is 14.7. The van der Waals surface area contributed by atoms with E-state index in [1.807, 2.05) is 32.0 Å². The van der Waals surface area contributed by atoms with Crippen LogP contribution >= 0.6 is 0 Å². The van der Waals surface area contributed by atoms with Crippen molar-refractivity contribution in [3.8, 4) is 11.5 Å². The van der Waals surface area contributed by atoms with Gasteiger partial charge in [-0.3, -0.25) is 14.9 Å². The van der Waals surface area contributed by atoms with Crippen molar-refractivity contribution >= 4 is 17.2 Å². The minimum absolute atomic E-state index is 0.0204. The van der Waals surface area contributed by atoms with Crippen molar-refractivity contribution in [2.24, 2.45) is 0 Å². The Balaban J connectivity index is 1.94. The van der Waals surface area contributed by atoms with Gasteiger partial charge in [-0.15, -0.1) is 0 Å². The number of non-ortho nitro benzene ring substituents is 1. The predicted molar refractivity (Wildman–Crippen MR) is 124 cm³/mol. The molecule has 1 N–H and O–H groups in total. The highest BCUT2D eigenvalue weighted by Crippen LogP contribution is 2.31. The summed E-state index contributed by atoms with van der Waals surface area (Å²) in [6.45, 7) is 4.04. The minimum Gasteiger partial charge on any atom is -0.493 e. The van der Waals surface area contributed by atoms with Crippen LogP contribution in [0.15, 0.2) is 60.7 Å². The zero-order valence-electron chi connectivity index (χ0n) is 18.5. The molecule has 0 bridgehead atoms. The van der Waals surface area contributed by atoms with Crippen LogP contribution in [0.25, 0.3) is 0 Å². The van der Waals surface area contributed by atoms with Gasteiger partial charge >= 0.3 is 0 Å². The van der Waals surface area contributed by atoms with Gasteiger partial charge < -0.3 is 14.8 Å². The normalized spacial score (nSPS) is 11.5. The number of nitro groups is 1. The van der Waals surface area contributed by atoms with Crippen molar-refractivity contribution in [1.29, 1.82) is 0 Å². The van der Waals surface area contributed by atoms with Crippen LogP contribution in [-0.2, 0) is 0 Å². The van der Waals surface area contributed by atoms with E-state index in [2.05, 4.69) is 5.32 Å². The van der Waals surface area contributed by atoms with Crippen LogP contribution in [0.2, 0.25) is 0 Å². The standard InChI is InChI=1S/C25H26N2O5/c1-16-8-10-20(12-17(16)2)26-22(18-6-5-7-21(13-18)27(29)30)15-23(28)19-9-11-24(31-3)25(14-19)32-4/h5-14,22,26H,15H2,1-4H3. The molecule has 32 heavy (non-hydrogen) atoms. The van der Waals surface area contributed by atoms with Crippen LogP contribution in [0.1, 0.15) is 39.5 Å². The summed E-state index contributed by atoms with van der Waals surface area (Å²) >= 11 is 0. The quantitative estimate of drug-likeness (QED) is 0.266. The number of rotatable bonds is 9. The number of ketones is 1. The van der Waals surface area contributed by atoms with Gasteiger partial charge in [-0.2, -0.15) is 0 Å². The first-order chi connectivity index (χ1) is 15.3. The molecule has 3 rings (SSSR count). The minimum atomic E-state index is -0.461. The number of aryl methyl sites for hydroxylation is 2. The molecule has 0 fully saturated rings. The summed E-state index contributed by atoms with van der Waals surface area (Å²) in [4.78, 5) is 24.0. The number of nitrogens with zero attached hydrogens (tertiary/aromatic N) is 1.